The molecule has 1 N–H and O–H groups in total. The maximum atomic E-state index is 11.6. The molecule has 0 aliphatic heterocycles. The number of aromatic hydroxyl groups is 1. The lowest BCUT2D eigenvalue weighted by molar-refractivity contribution is 0.472. The molecule has 2 aromatic heterocycles. The first-order chi connectivity index (χ1) is 27.3. The lowest BCUT2D eigenvalue weighted by Crippen LogP contribution is -2.00. The van der Waals surface area contributed by atoms with Gasteiger partial charge in [-0.1, -0.05) is 115 Å². The topological polar surface area (TPSA) is 50.9 Å². The third-order valence-electron chi connectivity index (χ3n) is 10.7. The third-order valence-corrected chi connectivity index (χ3v) is 10.7. The van der Waals surface area contributed by atoms with Crippen molar-refractivity contribution in [2.75, 3.05) is 0 Å². The Bertz CT molecular complexity index is 2890. The van der Waals surface area contributed by atoms with E-state index in [4.69, 9.17) is 9.97 Å². The van der Waals surface area contributed by atoms with E-state index in [1.54, 1.807) is 0 Å². The number of phenols is 1. The second-order valence-electron chi connectivity index (χ2n) is 14.7. The zero-order chi connectivity index (χ0) is 38.3. The highest BCUT2D eigenvalue weighted by atomic mass is 16.3. The van der Waals surface area contributed by atoms with Crippen molar-refractivity contribution in [2.24, 2.45) is 0 Å². The van der Waals surface area contributed by atoms with Crippen molar-refractivity contribution < 1.29 is 5.11 Å². The highest BCUT2D eigenvalue weighted by molar-refractivity contribution is 5.98. The van der Waals surface area contributed by atoms with Crippen LogP contribution in [0.25, 0.3) is 83.9 Å². The number of phenolic OH excluding ortho intramolecular Hbond substituents is 1. The van der Waals surface area contributed by atoms with Gasteiger partial charge >= 0.3 is 0 Å². The van der Waals surface area contributed by atoms with Crippen LogP contribution in [0.15, 0.2) is 170 Å². The van der Waals surface area contributed by atoms with Gasteiger partial charge < -0.3 is 5.11 Å². The minimum atomic E-state index is 0.235. The van der Waals surface area contributed by atoms with Crippen molar-refractivity contribution in [3.8, 4) is 78.6 Å². The fraction of sp³-hybridized carbons (Fsp3) is 0.0769. The number of imidazole rings is 1. The van der Waals surface area contributed by atoms with Crippen molar-refractivity contribution in [3.63, 3.8) is 0 Å². The molecule has 0 saturated heterocycles. The van der Waals surface area contributed by atoms with Crippen LogP contribution < -0.4 is 0 Å². The average molecular weight is 724 g/mol. The highest BCUT2D eigenvalue weighted by Crippen LogP contribution is 2.41. The van der Waals surface area contributed by atoms with Gasteiger partial charge in [-0.05, 0) is 138 Å². The molecule has 4 nitrogen and oxygen atoms in total. The summed E-state index contributed by atoms with van der Waals surface area (Å²) in [6.07, 6.45) is 1.90. The predicted molar refractivity (Wildman–Crippen MR) is 232 cm³/mol. The molecule has 270 valence electrons. The lowest BCUT2D eigenvalue weighted by atomic mass is 9.93. The van der Waals surface area contributed by atoms with E-state index >= 15 is 0 Å². The molecule has 9 rings (SSSR count). The van der Waals surface area contributed by atoms with Gasteiger partial charge in [0, 0.05) is 23.0 Å². The van der Waals surface area contributed by atoms with Gasteiger partial charge in [0.2, 0.25) is 0 Å². The summed E-state index contributed by atoms with van der Waals surface area (Å²) in [5, 5.41) is 11.6. The van der Waals surface area contributed by atoms with Crippen LogP contribution >= 0.6 is 0 Å². The summed E-state index contributed by atoms with van der Waals surface area (Å²) in [4.78, 5) is 10.3. The summed E-state index contributed by atoms with van der Waals surface area (Å²) in [5.41, 5.74) is 18.5. The van der Waals surface area contributed by atoms with Crippen molar-refractivity contribution in [1.29, 1.82) is 0 Å². The molecule has 7 aromatic carbocycles. The molecule has 0 fully saturated rings. The van der Waals surface area contributed by atoms with Crippen molar-refractivity contribution in [2.45, 2.75) is 27.7 Å². The zero-order valence-corrected chi connectivity index (χ0v) is 32.0. The van der Waals surface area contributed by atoms with Gasteiger partial charge in [0.15, 0.2) is 0 Å². The molecule has 0 spiro atoms. The van der Waals surface area contributed by atoms with E-state index in [-0.39, 0.29) is 5.75 Å². The zero-order valence-electron chi connectivity index (χ0n) is 32.0. The number of aromatic nitrogens is 3. The van der Waals surface area contributed by atoms with E-state index in [9.17, 15) is 5.11 Å². The molecule has 0 bridgehead atoms. The summed E-state index contributed by atoms with van der Waals surface area (Å²) in [6.45, 7) is 8.27. The van der Waals surface area contributed by atoms with Gasteiger partial charge in [-0.25, -0.2) is 4.98 Å². The van der Waals surface area contributed by atoms with Gasteiger partial charge in [-0.2, -0.15) is 0 Å². The summed E-state index contributed by atoms with van der Waals surface area (Å²) in [6, 6.07) is 57.6. The van der Waals surface area contributed by atoms with Gasteiger partial charge in [0.05, 0.1) is 22.3 Å². The smallest absolute Gasteiger partial charge is 0.149 e. The van der Waals surface area contributed by atoms with Crippen LogP contribution in [0.2, 0.25) is 0 Å². The Labute approximate surface area is 328 Å². The van der Waals surface area contributed by atoms with Crippen LogP contribution in [0.1, 0.15) is 22.3 Å². The number of fused-ring (bicyclic) bond motifs is 1. The second kappa shape index (κ2) is 14.3. The Balaban J connectivity index is 1.27. The van der Waals surface area contributed by atoms with E-state index in [0.29, 0.717) is 11.4 Å². The number of nitrogens with zero attached hydrogens (tertiary/aromatic N) is 3. The molecule has 4 heteroatoms. The third kappa shape index (κ3) is 6.46. The van der Waals surface area contributed by atoms with Crippen molar-refractivity contribution in [1.82, 2.24) is 14.5 Å². The molecule has 2 heterocycles. The quantitative estimate of drug-likeness (QED) is 0.178. The summed E-state index contributed by atoms with van der Waals surface area (Å²) >= 11 is 0. The first kappa shape index (κ1) is 34.7. The minimum absolute atomic E-state index is 0.235. The Morgan fingerprint density at radius 3 is 1.89 bits per heavy atom. The van der Waals surface area contributed by atoms with Gasteiger partial charge in [-0.3, -0.25) is 9.55 Å². The Morgan fingerprint density at radius 2 is 1.14 bits per heavy atom. The van der Waals surface area contributed by atoms with Crippen LogP contribution in [-0.4, -0.2) is 19.6 Å². The number of aryl methyl sites for hydroxylation is 4. The molecule has 0 aliphatic carbocycles. The molecule has 0 unspecified atom stereocenters. The molecular formula is C52H41N3O. The van der Waals surface area contributed by atoms with Gasteiger partial charge in [0.25, 0.3) is 0 Å². The van der Waals surface area contributed by atoms with Crippen LogP contribution in [-0.2, 0) is 0 Å². The lowest BCUT2D eigenvalue weighted by Gasteiger charge is -2.15. The van der Waals surface area contributed by atoms with Crippen LogP contribution in [0, 0.1) is 27.7 Å². The number of benzene rings is 7. The van der Waals surface area contributed by atoms with Crippen LogP contribution in [0.5, 0.6) is 5.75 Å². The Kier molecular flexibility index (Phi) is 8.87. The van der Waals surface area contributed by atoms with Crippen molar-refractivity contribution >= 4 is 11.0 Å². The summed E-state index contributed by atoms with van der Waals surface area (Å²) in [5.74, 6) is 0.926. The summed E-state index contributed by atoms with van der Waals surface area (Å²) in [7, 11) is 0. The van der Waals surface area contributed by atoms with E-state index in [2.05, 4.69) is 165 Å². The predicted octanol–water partition coefficient (Wildman–Crippen LogP) is 13.4. The summed E-state index contributed by atoms with van der Waals surface area (Å²) < 4.78 is 2.20. The van der Waals surface area contributed by atoms with Gasteiger partial charge in [-0.15, -0.1) is 0 Å². The highest BCUT2D eigenvalue weighted by Gasteiger charge is 2.22. The van der Waals surface area contributed by atoms with E-state index < -0.39 is 0 Å². The maximum Gasteiger partial charge on any atom is 0.149 e. The monoisotopic (exact) mass is 723 g/mol. The number of pyridine rings is 1. The van der Waals surface area contributed by atoms with Crippen LogP contribution in [0.4, 0.5) is 0 Å². The molecule has 0 atom stereocenters. The van der Waals surface area contributed by atoms with E-state index in [1.165, 1.54) is 16.7 Å². The largest absolute Gasteiger partial charge is 0.507 e. The number of hydrogen-bond acceptors (Lipinski definition) is 3. The maximum absolute atomic E-state index is 11.6. The second-order valence-corrected chi connectivity index (χ2v) is 14.7. The fourth-order valence-electron chi connectivity index (χ4n) is 7.88. The molecular weight excluding hydrogens is 683 g/mol. The molecule has 9 aromatic rings. The Hall–Kier alpha value is -7.04. The first-order valence-electron chi connectivity index (χ1n) is 19.0. The standard InChI is InChI=1S/C52H41N3O/c1-33-18-20-38(21-19-33)40-24-25-53-48(32-40)43-30-41(37-12-7-5-8-13-37)29-42(31-43)46-16-11-17-49-50(46)54-52(47-27-34(2)26-36(4)51(47)56)55(49)44-22-23-45(35(3)28-44)39-14-9-6-10-15-39/h5-32,56H,1-4H3. The van der Waals surface area contributed by atoms with E-state index in [0.717, 1.165) is 78.0 Å². The average Bonchev–Trinajstić information content (AvgIpc) is 3.62. The Morgan fingerprint density at radius 1 is 0.446 bits per heavy atom. The van der Waals surface area contributed by atoms with E-state index in [1.807, 2.05) is 37.4 Å². The number of hydrogen-bond donors (Lipinski definition) is 1. The number of para-hydroxylation sites is 1. The SMILES string of the molecule is Cc1ccc(-c2ccnc(-c3cc(-c4ccccc4)cc(-c4cccc5c4nc(-c4cc(C)cc(C)c4O)n5-c4ccc(-c5ccccc5)c(C)c4)c3)c2)cc1. The molecule has 0 aliphatic rings. The first-order valence-corrected chi connectivity index (χ1v) is 19.0. The molecule has 56 heavy (non-hydrogen) atoms. The van der Waals surface area contributed by atoms with Gasteiger partial charge in [0.1, 0.15) is 11.6 Å². The molecule has 0 saturated carbocycles. The fourth-order valence-corrected chi connectivity index (χ4v) is 7.88. The van der Waals surface area contributed by atoms with Crippen LogP contribution in [0.3, 0.4) is 0 Å². The number of rotatable bonds is 7. The molecule has 0 amide bonds. The molecule has 0 radical (unpaired) electrons. The van der Waals surface area contributed by atoms with Crippen molar-refractivity contribution in [3.05, 3.63) is 192 Å². The normalized spacial score (nSPS) is 11.3. The minimum Gasteiger partial charge on any atom is -0.507 e.